The summed E-state index contributed by atoms with van der Waals surface area (Å²) in [6.45, 7) is 7.77. The molecule has 4 rings (SSSR count). The van der Waals surface area contributed by atoms with Crippen LogP contribution in [0.5, 0.6) is 0 Å². The average molecular weight is 363 g/mol. The van der Waals surface area contributed by atoms with Crippen LogP contribution in [0.1, 0.15) is 52.4 Å². The van der Waals surface area contributed by atoms with E-state index in [0.717, 1.165) is 35.1 Å². The fourth-order valence-corrected chi connectivity index (χ4v) is 3.97. The molecule has 1 aromatic heterocycles. The van der Waals surface area contributed by atoms with Crippen LogP contribution in [0.4, 0.5) is 4.79 Å². The van der Waals surface area contributed by atoms with E-state index < -0.39 is 5.60 Å². The van der Waals surface area contributed by atoms with Gasteiger partial charge in [-0.25, -0.2) is 9.78 Å². The van der Waals surface area contributed by atoms with Crippen LogP contribution in [-0.4, -0.2) is 40.5 Å². The third kappa shape index (κ3) is 3.29. The number of rotatable bonds is 1. The van der Waals surface area contributed by atoms with Crippen molar-refractivity contribution in [2.24, 2.45) is 0 Å². The summed E-state index contributed by atoms with van der Waals surface area (Å²) in [5, 5.41) is 2.32. The molecule has 5 nitrogen and oxygen atoms in total. The van der Waals surface area contributed by atoms with Gasteiger partial charge in [0.05, 0.1) is 17.1 Å². The largest absolute Gasteiger partial charge is 0.444 e. The topological polar surface area (TPSA) is 58.2 Å². The van der Waals surface area contributed by atoms with Gasteiger partial charge in [0.25, 0.3) is 0 Å². The summed E-state index contributed by atoms with van der Waals surface area (Å²) in [5.41, 5.74) is 2.70. The lowest BCUT2D eigenvalue weighted by Crippen LogP contribution is -2.40. The SMILES string of the molecule is Bc1ccc2c(ccc3[nH]c([C@@H]4CC[C@H](C)N4C(=O)OC(C)(C)C)nc32)c1. The fourth-order valence-electron chi connectivity index (χ4n) is 3.97. The number of nitrogens with zero attached hydrogens (tertiary/aromatic N) is 2. The number of H-pyrrole nitrogens is 1. The van der Waals surface area contributed by atoms with E-state index in [0.29, 0.717) is 0 Å². The van der Waals surface area contributed by atoms with E-state index in [2.05, 4.69) is 50.1 Å². The molecule has 2 aromatic carbocycles. The molecule has 3 aromatic rings. The summed E-state index contributed by atoms with van der Waals surface area (Å²) in [7, 11) is 2.10. The number of hydrogen-bond donors (Lipinski definition) is 1. The summed E-state index contributed by atoms with van der Waals surface area (Å²) in [4.78, 5) is 23.0. The van der Waals surface area contributed by atoms with Gasteiger partial charge in [-0.05, 0) is 52.0 Å². The molecule has 2 atom stereocenters. The summed E-state index contributed by atoms with van der Waals surface area (Å²) in [6, 6.07) is 10.7. The van der Waals surface area contributed by atoms with Crippen LogP contribution < -0.4 is 5.46 Å². The number of amides is 1. The van der Waals surface area contributed by atoms with E-state index >= 15 is 0 Å². The normalized spacial score (nSPS) is 20.5. The van der Waals surface area contributed by atoms with E-state index in [1.165, 1.54) is 10.8 Å². The highest BCUT2D eigenvalue weighted by molar-refractivity contribution is 6.33. The highest BCUT2D eigenvalue weighted by atomic mass is 16.6. The molecular weight excluding hydrogens is 337 g/mol. The zero-order valence-electron chi connectivity index (χ0n) is 16.7. The number of likely N-dealkylation sites (tertiary alicyclic amines) is 1. The van der Waals surface area contributed by atoms with Gasteiger partial charge in [0.2, 0.25) is 0 Å². The highest BCUT2D eigenvalue weighted by Crippen LogP contribution is 2.37. The molecule has 140 valence electrons. The van der Waals surface area contributed by atoms with E-state index in [4.69, 9.17) is 9.72 Å². The molecule has 1 saturated heterocycles. The Hall–Kier alpha value is -2.50. The first-order chi connectivity index (χ1) is 12.7. The smallest absolute Gasteiger partial charge is 0.411 e. The van der Waals surface area contributed by atoms with Gasteiger partial charge in [-0.1, -0.05) is 29.7 Å². The lowest BCUT2D eigenvalue weighted by molar-refractivity contribution is 0.0152. The predicted molar refractivity (Wildman–Crippen MR) is 111 cm³/mol. The van der Waals surface area contributed by atoms with Crippen molar-refractivity contribution in [2.45, 2.75) is 58.2 Å². The lowest BCUT2D eigenvalue weighted by atomic mass is 9.93. The minimum atomic E-state index is -0.508. The Bertz CT molecular complexity index is 1020. The second-order valence-corrected chi connectivity index (χ2v) is 8.64. The van der Waals surface area contributed by atoms with Crippen LogP contribution in [0, 0.1) is 0 Å². The molecule has 0 aliphatic carbocycles. The third-order valence-electron chi connectivity index (χ3n) is 5.23. The van der Waals surface area contributed by atoms with Crippen LogP contribution in [0.25, 0.3) is 21.8 Å². The second-order valence-electron chi connectivity index (χ2n) is 8.64. The third-order valence-corrected chi connectivity index (χ3v) is 5.23. The summed E-state index contributed by atoms with van der Waals surface area (Å²) >= 11 is 0. The number of carbonyl (C=O) groups excluding carboxylic acids is 1. The molecule has 0 saturated carbocycles. The summed E-state index contributed by atoms with van der Waals surface area (Å²) in [5.74, 6) is 0.841. The maximum atomic E-state index is 12.8. The number of benzene rings is 2. The minimum Gasteiger partial charge on any atom is -0.444 e. The van der Waals surface area contributed by atoms with Crippen LogP contribution in [-0.2, 0) is 4.74 Å². The molecule has 1 fully saturated rings. The Kier molecular flexibility index (Phi) is 4.17. The average Bonchev–Trinajstić information content (AvgIpc) is 3.16. The van der Waals surface area contributed by atoms with Gasteiger partial charge in [-0.3, -0.25) is 4.90 Å². The number of carbonyl (C=O) groups is 1. The van der Waals surface area contributed by atoms with Gasteiger partial charge in [-0.2, -0.15) is 0 Å². The molecular formula is C21H26BN3O2. The zero-order chi connectivity index (χ0) is 19.3. The van der Waals surface area contributed by atoms with Gasteiger partial charge in [0.15, 0.2) is 0 Å². The number of fused-ring (bicyclic) bond motifs is 3. The van der Waals surface area contributed by atoms with Crippen molar-refractivity contribution >= 4 is 41.2 Å². The van der Waals surface area contributed by atoms with Gasteiger partial charge < -0.3 is 9.72 Å². The first-order valence-electron chi connectivity index (χ1n) is 9.63. The maximum Gasteiger partial charge on any atom is 0.411 e. The molecule has 1 aliphatic rings. The molecule has 0 spiro atoms. The number of nitrogens with one attached hydrogen (secondary N) is 1. The van der Waals surface area contributed by atoms with Crippen molar-refractivity contribution < 1.29 is 9.53 Å². The van der Waals surface area contributed by atoms with Gasteiger partial charge >= 0.3 is 6.09 Å². The molecule has 2 heterocycles. The van der Waals surface area contributed by atoms with E-state index in [1.54, 1.807) is 0 Å². The van der Waals surface area contributed by atoms with Gasteiger partial charge in [0.1, 0.15) is 19.3 Å². The molecule has 1 aliphatic heterocycles. The first-order valence-corrected chi connectivity index (χ1v) is 9.63. The fraction of sp³-hybridized carbons (Fsp3) is 0.429. The zero-order valence-corrected chi connectivity index (χ0v) is 16.7. The standard InChI is InChI=1S/C21H26BN3O2/c1-12-5-10-17(25(12)20(26)27-21(2,3)4)19-23-16-9-6-13-11-14(22)7-8-15(13)18(16)24-19/h6-9,11-12,17H,5,10,22H2,1-4H3,(H,23,24)/t12-,17-/m0/s1. The Morgan fingerprint density at radius 1 is 1.26 bits per heavy atom. The molecule has 0 radical (unpaired) electrons. The molecule has 1 N–H and O–H groups in total. The predicted octanol–water partition coefficient (Wildman–Crippen LogP) is 3.44. The molecule has 1 amide bonds. The van der Waals surface area contributed by atoms with Crippen LogP contribution in [0.3, 0.4) is 0 Å². The minimum absolute atomic E-state index is 0.0808. The first kappa shape index (κ1) is 17.9. The van der Waals surface area contributed by atoms with Gasteiger partial charge in [-0.15, -0.1) is 0 Å². The number of aromatic nitrogens is 2. The molecule has 6 heteroatoms. The van der Waals surface area contributed by atoms with Crippen molar-refractivity contribution in [3.63, 3.8) is 0 Å². The number of imidazole rings is 1. The monoisotopic (exact) mass is 363 g/mol. The number of aromatic amines is 1. The van der Waals surface area contributed by atoms with Crippen molar-refractivity contribution in [1.29, 1.82) is 0 Å². The second kappa shape index (κ2) is 6.29. The maximum absolute atomic E-state index is 12.8. The molecule has 0 bridgehead atoms. The molecule has 0 unspecified atom stereocenters. The molecule has 27 heavy (non-hydrogen) atoms. The van der Waals surface area contributed by atoms with Crippen molar-refractivity contribution in [1.82, 2.24) is 14.9 Å². The number of ether oxygens (including phenoxy) is 1. The highest BCUT2D eigenvalue weighted by Gasteiger charge is 2.39. The van der Waals surface area contributed by atoms with Crippen LogP contribution in [0.2, 0.25) is 0 Å². The Morgan fingerprint density at radius 2 is 2.04 bits per heavy atom. The lowest BCUT2D eigenvalue weighted by Gasteiger charge is -2.30. The Balaban J connectivity index is 1.74. The van der Waals surface area contributed by atoms with Crippen molar-refractivity contribution in [2.75, 3.05) is 0 Å². The van der Waals surface area contributed by atoms with E-state index in [1.807, 2.05) is 25.7 Å². The number of hydrogen-bond acceptors (Lipinski definition) is 3. The van der Waals surface area contributed by atoms with E-state index in [9.17, 15) is 4.79 Å². The quantitative estimate of drug-likeness (QED) is 0.674. The van der Waals surface area contributed by atoms with E-state index in [-0.39, 0.29) is 18.2 Å². The summed E-state index contributed by atoms with van der Waals surface area (Å²) < 4.78 is 5.65. The van der Waals surface area contributed by atoms with Gasteiger partial charge in [0, 0.05) is 11.4 Å². The van der Waals surface area contributed by atoms with Crippen LogP contribution >= 0.6 is 0 Å². The summed E-state index contributed by atoms with van der Waals surface area (Å²) in [6.07, 6.45) is 1.57. The van der Waals surface area contributed by atoms with Crippen molar-refractivity contribution in [3.05, 3.63) is 36.2 Å². The Labute approximate surface area is 160 Å². The van der Waals surface area contributed by atoms with Crippen LogP contribution in [0.15, 0.2) is 30.3 Å². The Morgan fingerprint density at radius 3 is 2.78 bits per heavy atom. The van der Waals surface area contributed by atoms with Crippen molar-refractivity contribution in [3.8, 4) is 0 Å².